The van der Waals surface area contributed by atoms with E-state index in [2.05, 4.69) is 25.7 Å². The van der Waals surface area contributed by atoms with Crippen LogP contribution in [0.2, 0.25) is 0 Å². The second-order valence-corrected chi connectivity index (χ2v) is 9.57. The molecular weight excluding hydrogens is 440 g/mol. The largest absolute Gasteiger partial charge is 0.484 e. The van der Waals surface area contributed by atoms with Crippen LogP contribution in [0, 0.1) is 6.92 Å². The molecule has 4 rings (SSSR count). The summed E-state index contributed by atoms with van der Waals surface area (Å²) < 4.78 is 36.0. The zero-order valence-electron chi connectivity index (χ0n) is 16.7. The Bertz CT molecular complexity index is 1280. The smallest absolute Gasteiger partial charge is 0.277 e. The van der Waals surface area contributed by atoms with Gasteiger partial charge in [-0.2, -0.15) is 4.68 Å². The van der Waals surface area contributed by atoms with Gasteiger partial charge in [0.1, 0.15) is 5.75 Å². The van der Waals surface area contributed by atoms with Crippen molar-refractivity contribution in [2.24, 2.45) is 0 Å². The highest BCUT2D eigenvalue weighted by molar-refractivity contribution is 7.98. The number of ether oxygens (including phenoxy) is 1. The Morgan fingerprint density at radius 3 is 2.65 bits per heavy atom. The normalized spacial score (nSPS) is 11.5. The van der Waals surface area contributed by atoms with Gasteiger partial charge in [-0.3, -0.25) is 0 Å². The van der Waals surface area contributed by atoms with Gasteiger partial charge in [-0.1, -0.05) is 23.9 Å². The summed E-state index contributed by atoms with van der Waals surface area (Å²) in [4.78, 5) is 0.228. The molecule has 0 aliphatic carbocycles. The molecule has 0 aliphatic rings. The first-order valence-corrected chi connectivity index (χ1v) is 12.0. The Labute approximate surface area is 182 Å². The van der Waals surface area contributed by atoms with Gasteiger partial charge in [-0.25, -0.2) is 8.42 Å². The summed E-state index contributed by atoms with van der Waals surface area (Å²) in [7, 11) is -3.27. The van der Waals surface area contributed by atoms with E-state index in [1.807, 2.05) is 31.2 Å². The second-order valence-electron chi connectivity index (χ2n) is 6.63. The molecule has 2 aromatic heterocycles. The van der Waals surface area contributed by atoms with Crippen LogP contribution >= 0.6 is 11.8 Å². The monoisotopic (exact) mass is 458 g/mol. The van der Waals surface area contributed by atoms with E-state index in [1.165, 1.54) is 28.6 Å². The van der Waals surface area contributed by atoms with E-state index in [4.69, 9.17) is 9.15 Å². The standard InChI is InChI=1S/C19H18N6O4S2/c1-13-4-3-5-15(10-13)28-11-18-21-22-19(29-18)30-12-17-20-23-24-25(17)14-6-8-16(9-7-14)31(2,26)27/h3-10H,11-12H2,1-2H3. The average Bonchev–Trinajstić information content (AvgIpc) is 3.39. The fourth-order valence-corrected chi connectivity index (χ4v) is 3.98. The number of hydrogen-bond donors (Lipinski definition) is 0. The van der Waals surface area contributed by atoms with Crippen LogP contribution in [0.1, 0.15) is 17.3 Å². The van der Waals surface area contributed by atoms with Crippen molar-refractivity contribution >= 4 is 21.6 Å². The van der Waals surface area contributed by atoms with Crippen LogP contribution in [-0.2, 0) is 22.2 Å². The predicted molar refractivity (Wildman–Crippen MR) is 112 cm³/mol. The Kier molecular flexibility index (Phi) is 6.00. The van der Waals surface area contributed by atoms with Crippen molar-refractivity contribution in [3.05, 3.63) is 65.8 Å². The van der Waals surface area contributed by atoms with E-state index in [0.717, 1.165) is 17.6 Å². The summed E-state index contributed by atoms with van der Waals surface area (Å²) >= 11 is 1.28. The number of tetrazole rings is 1. The molecule has 0 saturated carbocycles. The molecule has 12 heteroatoms. The van der Waals surface area contributed by atoms with Gasteiger partial charge in [-0.05, 0) is 59.3 Å². The lowest BCUT2D eigenvalue weighted by atomic mass is 10.2. The minimum atomic E-state index is -3.27. The van der Waals surface area contributed by atoms with Crippen LogP contribution < -0.4 is 4.74 Å². The molecule has 2 aromatic carbocycles. The van der Waals surface area contributed by atoms with Crippen LogP contribution in [0.15, 0.2) is 63.1 Å². The minimum absolute atomic E-state index is 0.168. The number of nitrogens with zero attached hydrogens (tertiary/aromatic N) is 6. The van der Waals surface area contributed by atoms with E-state index >= 15 is 0 Å². The molecule has 0 amide bonds. The molecule has 0 spiro atoms. The lowest BCUT2D eigenvalue weighted by Crippen LogP contribution is -2.03. The average molecular weight is 459 g/mol. The summed E-state index contributed by atoms with van der Waals surface area (Å²) in [5.74, 6) is 2.02. The highest BCUT2D eigenvalue weighted by Crippen LogP contribution is 2.23. The molecule has 0 bridgehead atoms. The fraction of sp³-hybridized carbons (Fsp3) is 0.211. The van der Waals surface area contributed by atoms with E-state index < -0.39 is 9.84 Å². The van der Waals surface area contributed by atoms with Crippen LogP contribution in [0.25, 0.3) is 5.69 Å². The quantitative estimate of drug-likeness (QED) is 0.364. The van der Waals surface area contributed by atoms with Gasteiger partial charge in [-0.15, -0.1) is 15.3 Å². The van der Waals surface area contributed by atoms with E-state index in [0.29, 0.717) is 28.4 Å². The molecule has 10 nitrogen and oxygen atoms in total. The number of rotatable bonds is 8. The Balaban J connectivity index is 1.38. The molecule has 31 heavy (non-hydrogen) atoms. The van der Waals surface area contributed by atoms with E-state index in [-0.39, 0.29) is 11.5 Å². The summed E-state index contributed by atoms with van der Waals surface area (Å²) in [5, 5.41) is 20.1. The topological polar surface area (TPSA) is 126 Å². The third-order valence-corrected chi connectivity index (χ3v) is 6.11. The van der Waals surface area contributed by atoms with Gasteiger partial charge in [0.05, 0.1) is 16.3 Å². The third-order valence-electron chi connectivity index (χ3n) is 4.17. The van der Waals surface area contributed by atoms with Crippen molar-refractivity contribution < 1.29 is 17.6 Å². The molecule has 0 unspecified atom stereocenters. The number of hydrogen-bond acceptors (Lipinski definition) is 10. The third kappa shape index (κ3) is 5.27. The lowest BCUT2D eigenvalue weighted by Gasteiger charge is -2.05. The summed E-state index contributed by atoms with van der Waals surface area (Å²) in [6.45, 7) is 2.16. The Morgan fingerprint density at radius 2 is 1.90 bits per heavy atom. The van der Waals surface area contributed by atoms with Crippen LogP contribution in [0.5, 0.6) is 5.75 Å². The molecule has 0 fully saturated rings. The molecule has 4 aromatic rings. The van der Waals surface area contributed by atoms with E-state index in [1.54, 1.807) is 12.1 Å². The zero-order chi connectivity index (χ0) is 21.8. The predicted octanol–water partition coefficient (Wildman–Crippen LogP) is 2.63. The molecule has 0 N–H and O–H groups in total. The summed E-state index contributed by atoms with van der Waals surface area (Å²) in [6, 6.07) is 14.0. The molecule has 0 radical (unpaired) electrons. The van der Waals surface area contributed by atoms with Crippen molar-refractivity contribution in [2.45, 2.75) is 29.4 Å². The van der Waals surface area contributed by atoms with Crippen LogP contribution in [-0.4, -0.2) is 45.1 Å². The minimum Gasteiger partial charge on any atom is -0.484 e. The van der Waals surface area contributed by atoms with Crippen LogP contribution in [0.4, 0.5) is 0 Å². The number of benzene rings is 2. The van der Waals surface area contributed by atoms with Gasteiger partial charge in [0, 0.05) is 6.26 Å². The van der Waals surface area contributed by atoms with Gasteiger partial charge >= 0.3 is 0 Å². The Hall–Kier alpha value is -3.25. The van der Waals surface area contributed by atoms with E-state index in [9.17, 15) is 8.42 Å². The molecule has 0 aliphatic heterocycles. The first-order valence-electron chi connectivity index (χ1n) is 9.11. The van der Waals surface area contributed by atoms with Crippen molar-refractivity contribution in [2.75, 3.05) is 6.26 Å². The highest BCUT2D eigenvalue weighted by atomic mass is 32.2. The van der Waals surface area contributed by atoms with Gasteiger partial charge in [0.2, 0.25) is 0 Å². The van der Waals surface area contributed by atoms with Crippen molar-refractivity contribution in [3.8, 4) is 11.4 Å². The number of sulfone groups is 1. The van der Waals surface area contributed by atoms with Gasteiger partial charge < -0.3 is 9.15 Å². The van der Waals surface area contributed by atoms with Crippen molar-refractivity contribution in [3.63, 3.8) is 0 Å². The lowest BCUT2D eigenvalue weighted by molar-refractivity contribution is 0.252. The molecule has 2 heterocycles. The van der Waals surface area contributed by atoms with Gasteiger partial charge in [0.25, 0.3) is 11.1 Å². The fourth-order valence-electron chi connectivity index (χ4n) is 2.66. The number of aryl methyl sites for hydroxylation is 1. The molecular formula is C19H18N6O4S2. The molecule has 160 valence electrons. The summed E-state index contributed by atoms with van der Waals surface area (Å²) in [6.07, 6.45) is 1.16. The Morgan fingerprint density at radius 1 is 1.10 bits per heavy atom. The maximum absolute atomic E-state index is 11.6. The highest BCUT2D eigenvalue weighted by Gasteiger charge is 2.14. The van der Waals surface area contributed by atoms with Gasteiger partial charge in [0.15, 0.2) is 22.3 Å². The first-order chi connectivity index (χ1) is 14.9. The number of thioether (sulfide) groups is 1. The second kappa shape index (κ2) is 8.86. The van der Waals surface area contributed by atoms with Crippen LogP contribution in [0.3, 0.4) is 0 Å². The van der Waals surface area contributed by atoms with Crippen molar-refractivity contribution in [1.29, 1.82) is 0 Å². The maximum Gasteiger partial charge on any atom is 0.277 e. The maximum atomic E-state index is 11.6. The SMILES string of the molecule is Cc1cccc(OCc2nnc(SCc3nnnn3-c3ccc(S(C)(=O)=O)cc3)o2)c1. The molecule has 0 saturated heterocycles. The molecule has 0 atom stereocenters. The van der Waals surface area contributed by atoms with Crippen molar-refractivity contribution in [1.82, 2.24) is 30.4 Å². The zero-order valence-corrected chi connectivity index (χ0v) is 18.3. The number of aromatic nitrogens is 6. The summed E-state index contributed by atoms with van der Waals surface area (Å²) in [5.41, 5.74) is 1.74. The first kappa shape index (κ1) is 21.0.